The quantitative estimate of drug-likeness (QED) is 0.532. The predicted octanol–water partition coefficient (Wildman–Crippen LogP) is 4.90. The van der Waals surface area contributed by atoms with Crippen LogP contribution in [0, 0.1) is 17.8 Å². The van der Waals surface area contributed by atoms with Crippen molar-refractivity contribution >= 4 is 11.8 Å². The van der Waals surface area contributed by atoms with Gasteiger partial charge in [0.15, 0.2) is 5.78 Å². The number of alkyl halides is 3. The second-order valence-corrected chi connectivity index (χ2v) is 6.84. The Bertz CT molecular complexity index is 813. The van der Waals surface area contributed by atoms with Gasteiger partial charge in [0.2, 0.25) is 0 Å². The topological polar surface area (TPSA) is 43.4 Å². The van der Waals surface area contributed by atoms with Crippen LogP contribution in [0.5, 0.6) is 0 Å². The zero-order chi connectivity index (χ0) is 19.6. The normalized spacial score (nSPS) is 21.6. The van der Waals surface area contributed by atoms with E-state index in [4.69, 9.17) is 4.74 Å². The fourth-order valence-corrected chi connectivity index (χ4v) is 3.30. The van der Waals surface area contributed by atoms with E-state index >= 15 is 0 Å². The minimum atomic E-state index is -4.43. The zero-order valence-electron chi connectivity index (χ0n) is 14.7. The van der Waals surface area contributed by atoms with E-state index in [0.29, 0.717) is 0 Å². The number of hydrogen-bond donors (Lipinski definition) is 0. The summed E-state index contributed by atoms with van der Waals surface area (Å²) in [6.07, 6.45) is -4.30. The molecule has 0 radical (unpaired) electrons. The van der Waals surface area contributed by atoms with E-state index < -0.39 is 11.7 Å². The average molecular weight is 376 g/mol. The van der Waals surface area contributed by atoms with Crippen LogP contribution < -0.4 is 0 Å². The van der Waals surface area contributed by atoms with Crippen molar-refractivity contribution in [2.24, 2.45) is 17.8 Å². The van der Waals surface area contributed by atoms with Gasteiger partial charge in [-0.15, -0.1) is 0 Å². The molecule has 1 fully saturated rings. The third kappa shape index (κ3) is 4.56. The molecule has 1 aliphatic rings. The Morgan fingerprint density at radius 2 is 1.63 bits per heavy atom. The molecule has 3 rings (SSSR count). The van der Waals surface area contributed by atoms with Crippen LogP contribution in [0.1, 0.15) is 34.8 Å². The van der Waals surface area contributed by atoms with Crippen LogP contribution in [0.25, 0.3) is 0 Å². The first-order valence-corrected chi connectivity index (χ1v) is 8.68. The van der Waals surface area contributed by atoms with Crippen LogP contribution in [0.2, 0.25) is 0 Å². The highest BCUT2D eigenvalue weighted by Crippen LogP contribution is 2.50. The van der Waals surface area contributed by atoms with Crippen molar-refractivity contribution in [1.29, 1.82) is 0 Å². The predicted molar refractivity (Wildman–Crippen MR) is 92.8 cm³/mol. The number of hydrogen-bond acceptors (Lipinski definition) is 3. The van der Waals surface area contributed by atoms with Gasteiger partial charge in [0.25, 0.3) is 0 Å². The van der Waals surface area contributed by atoms with Gasteiger partial charge >= 0.3 is 12.1 Å². The third-order valence-electron chi connectivity index (χ3n) is 5.01. The maximum Gasteiger partial charge on any atom is 0.416 e. The summed E-state index contributed by atoms with van der Waals surface area (Å²) < 4.78 is 43.1. The fraction of sp³-hybridized carbons (Fsp3) is 0.333. The Balaban J connectivity index is 1.54. The molecular weight excluding hydrogens is 357 g/mol. The molecule has 0 aromatic heterocycles. The molecule has 2 aromatic rings. The van der Waals surface area contributed by atoms with Gasteiger partial charge < -0.3 is 4.74 Å². The molecule has 3 atom stereocenters. The Hall–Kier alpha value is -2.63. The highest BCUT2D eigenvalue weighted by atomic mass is 19.4. The summed E-state index contributed by atoms with van der Waals surface area (Å²) >= 11 is 0. The maximum absolute atomic E-state index is 12.6. The van der Waals surface area contributed by atoms with Gasteiger partial charge in [-0.05, 0) is 29.5 Å². The van der Waals surface area contributed by atoms with Gasteiger partial charge in [-0.2, -0.15) is 13.2 Å². The van der Waals surface area contributed by atoms with Crippen LogP contribution in [0.4, 0.5) is 13.2 Å². The summed E-state index contributed by atoms with van der Waals surface area (Å²) in [4.78, 5) is 24.5. The fourth-order valence-electron chi connectivity index (χ4n) is 3.30. The molecule has 0 saturated heterocycles. The Kier molecular flexibility index (Phi) is 5.35. The van der Waals surface area contributed by atoms with Gasteiger partial charge in [-0.25, -0.2) is 0 Å². The Morgan fingerprint density at radius 1 is 1.00 bits per heavy atom. The molecule has 6 heteroatoms. The second-order valence-electron chi connectivity index (χ2n) is 6.84. The SMILES string of the molecule is C[C@@H]1[C@H](CC(=O)OCc2ccccc2)[C@@H]1C(=O)c1ccc(C(F)(F)F)cc1. The van der Waals surface area contributed by atoms with Crippen molar-refractivity contribution in [3.8, 4) is 0 Å². The van der Waals surface area contributed by atoms with Crippen molar-refractivity contribution in [1.82, 2.24) is 0 Å². The van der Waals surface area contributed by atoms with Crippen LogP contribution in [0.15, 0.2) is 54.6 Å². The molecule has 1 saturated carbocycles. The minimum Gasteiger partial charge on any atom is -0.461 e. The average Bonchev–Trinajstić information content (AvgIpc) is 3.28. The Morgan fingerprint density at radius 3 is 2.22 bits per heavy atom. The van der Waals surface area contributed by atoms with E-state index in [9.17, 15) is 22.8 Å². The van der Waals surface area contributed by atoms with E-state index in [-0.39, 0.29) is 48.1 Å². The van der Waals surface area contributed by atoms with Gasteiger partial charge in [0.1, 0.15) is 6.61 Å². The number of Topliss-reactive ketones (excluding diaryl/α,β-unsaturated/α-hetero) is 1. The number of ketones is 1. The molecule has 0 amide bonds. The van der Waals surface area contributed by atoms with Crippen LogP contribution in [-0.2, 0) is 22.3 Å². The number of esters is 1. The first-order chi connectivity index (χ1) is 12.8. The van der Waals surface area contributed by atoms with Crippen molar-refractivity contribution in [3.63, 3.8) is 0 Å². The molecular formula is C21H19F3O3. The van der Waals surface area contributed by atoms with E-state index in [0.717, 1.165) is 17.7 Å². The largest absolute Gasteiger partial charge is 0.461 e. The number of halogens is 3. The molecule has 0 N–H and O–H groups in total. The molecule has 2 aromatic carbocycles. The molecule has 3 nitrogen and oxygen atoms in total. The molecule has 0 heterocycles. The lowest BCUT2D eigenvalue weighted by molar-refractivity contribution is -0.145. The zero-order valence-corrected chi connectivity index (χ0v) is 14.7. The minimum absolute atomic E-state index is 0.00377. The van der Waals surface area contributed by atoms with E-state index in [1.807, 2.05) is 37.3 Å². The first kappa shape index (κ1) is 19.1. The lowest BCUT2D eigenvalue weighted by atomic mass is 10.0. The van der Waals surface area contributed by atoms with Crippen LogP contribution in [-0.4, -0.2) is 11.8 Å². The van der Waals surface area contributed by atoms with E-state index in [1.165, 1.54) is 12.1 Å². The van der Waals surface area contributed by atoms with Gasteiger partial charge in [0.05, 0.1) is 5.56 Å². The number of carbonyl (C=O) groups excluding carboxylic acids is 2. The molecule has 0 unspecified atom stereocenters. The summed E-state index contributed by atoms with van der Waals surface area (Å²) in [5, 5.41) is 0. The molecule has 0 bridgehead atoms. The third-order valence-corrected chi connectivity index (χ3v) is 5.01. The molecule has 27 heavy (non-hydrogen) atoms. The smallest absolute Gasteiger partial charge is 0.416 e. The molecule has 0 spiro atoms. The van der Waals surface area contributed by atoms with Gasteiger partial charge in [-0.3, -0.25) is 9.59 Å². The summed E-state index contributed by atoms with van der Waals surface area (Å²) in [6.45, 7) is 2.04. The van der Waals surface area contributed by atoms with Crippen LogP contribution >= 0.6 is 0 Å². The molecule has 142 valence electrons. The van der Waals surface area contributed by atoms with Gasteiger partial charge in [0, 0.05) is 17.9 Å². The maximum atomic E-state index is 12.6. The second kappa shape index (κ2) is 7.55. The lowest BCUT2D eigenvalue weighted by Gasteiger charge is -2.07. The monoisotopic (exact) mass is 376 g/mol. The lowest BCUT2D eigenvalue weighted by Crippen LogP contribution is -2.10. The van der Waals surface area contributed by atoms with Crippen molar-refractivity contribution in [2.45, 2.75) is 26.1 Å². The van der Waals surface area contributed by atoms with E-state index in [2.05, 4.69) is 0 Å². The summed E-state index contributed by atoms with van der Waals surface area (Å²) in [5.74, 6) is -1.09. The Labute approximate surface area is 155 Å². The number of carbonyl (C=O) groups is 2. The number of ether oxygens (including phenoxy) is 1. The first-order valence-electron chi connectivity index (χ1n) is 8.68. The summed E-state index contributed by atoms with van der Waals surface area (Å²) in [5.41, 5.74) is 0.330. The summed E-state index contributed by atoms with van der Waals surface area (Å²) in [6, 6.07) is 13.5. The van der Waals surface area contributed by atoms with E-state index in [1.54, 1.807) is 0 Å². The van der Waals surface area contributed by atoms with Crippen molar-refractivity contribution < 1.29 is 27.5 Å². The summed E-state index contributed by atoms with van der Waals surface area (Å²) in [7, 11) is 0. The van der Waals surface area contributed by atoms with Crippen molar-refractivity contribution in [2.75, 3.05) is 0 Å². The van der Waals surface area contributed by atoms with Crippen LogP contribution in [0.3, 0.4) is 0 Å². The number of rotatable bonds is 6. The highest BCUT2D eigenvalue weighted by Gasteiger charge is 2.52. The van der Waals surface area contributed by atoms with Gasteiger partial charge in [-0.1, -0.05) is 49.4 Å². The molecule has 0 aliphatic heterocycles. The number of benzene rings is 2. The standard InChI is InChI=1S/C21H19F3O3/c1-13-17(11-18(25)27-12-14-5-3-2-4-6-14)19(13)20(26)15-7-9-16(10-8-15)21(22,23)24/h2-10,13,17,19H,11-12H2,1H3/t13-,17+,19-/m1/s1. The molecule has 1 aliphatic carbocycles. The highest BCUT2D eigenvalue weighted by molar-refractivity contribution is 6.00. The van der Waals surface area contributed by atoms with Crippen molar-refractivity contribution in [3.05, 3.63) is 71.3 Å².